The van der Waals surface area contributed by atoms with E-state index in [1.54, 1.807) is 32.2 Å². The molecule has 0 unspecified atom stereocenters. The van der Waals surface area contributed by atoms with Gasteiger partial charge in [-0.25, -0.2) is 4.79 Å². The van der Waals surface area contributed by atoms with Gasteiger partial charge in [0.05, 0.1) is 6.61 Å². The number of hydrogen-bond acceptors (Lipinski definition) is 4. The second-order valence-electron chi connectivity index (χ2n) is 4.06. The van der Waals surface area contributed by atoms with Gasteiger partial charge in [0.15, 0.2) is 0 Å². The third kappa shape index (κ3) is 4.85. The number of carbonyl (C=O) groups excluding carboxylic acids is 2. The van der Waals surface area contributed by atoms with Crippen LogP contribution in [0.2, 0.25) is 0 Å². The number of hydrogen-bond donors (Lipinski definition) is 0. The molecule has 1 aromatic rings. The zero-order valence-electron chi connectivity index (χ0n) is 12.0. The van der Waals surface area contributed by atoms with E-state index in [2.05, 4.69) is 0 Å². The van der Waals surface area contributed by atoms with Gasteiger partial charge in [-0.2, -0.15) is 0 Å². The number of likely N-dealkylation sites (N-methyl/N-ethyl adjacent to an activating group) is 1. The van der Waals surface area contributed by atoms with Crippen LogP contribution in [0.5, 0.6) is 0 Å². The van der Waals surface area contributed by atoms with Crippen LogP contribution in [0.3, 0.4) is 0 Å². The Morgan fingerprint density at radius 2 is 1.90 bits per heavy atom. The van der Waals surface area contributed by atoms with Crippen LogP contribution in [0.25, 0.3) is 6.08 Å². The lowest BCUT2D eigenvalue weighted by Crippen LogP contribution is -2.29. The van der Waals surface area contributed by atoms with Gasteiger partial charge in [-0.15, -0.1) is 0 Å². The lowest BCUT2D eigenvalue weighted by Gasteiger charge is -2.16. The third-order valence-electron chi connectivity index (χ3n) is 2.62. The zero-order chi connectivity index (χ0) is 15.0. The third-order valence-corrected chi connectivity index (χ3v) is 2.62. The first kappa shape index (κ1) is 15.9. The molecule has 108 valence electrons. The lowest BCUT2D eigenvalue weighted by molar-refractivity contribution is -0.137. The fourth-order valence-electron chi connectivity index (χ4n) is 1.53. The summed E-state index contributed by atoms with van der Waals surface area (Å²) in [6, 6.07) is 7.25. The highest BCUT2D eigenvalue weighted by molar-refractivity contribution is 5.94. The summed E-state index contributed by atoms with van der Waals surface area (Å²) in [5, 5.41) is 0. The smallest absolute Gasteiger partial charge is 0.330 e. The first-order chi connectivity index (χ1) is 9.58. The maximum absolute atomic E-state index is 11.6. The molecule has 0 aliphatic heterocycles. The summed E-state index contributed by atoms with van der Waals surface area (Å²) in [7, 11) is 3.17. The normalized spacial score (nSPS) is 10.6. The maximum Gasteiger partial charge on any atom is 0.330 e. The molecule has 1 amide bonds. The maximum atomic E-state index is 11.6. The van der Waals surface area contributed by atoms with Crippen LogP contribution in [0.15, 0.2) is 30.3 Å². The monoisotopic (exact) mass is 277 g/mol. The Morgan fingerprint density at radius 3 is 2.45 bits per heavy atom. The highest BCUT2D eigenvalue weighted by Gasteiger charge is 2.09. The van der Waals surface area contributed by atoms with Crippen molar-refractivity contribution >= 4 is 23.6 Å². The van der Waals surface area contributed by atoms with Crippen molar-refractivity contribution < 1.29 is 19.1 Å². The van der Waals surface area contributed by atoms with Gasteiger partial charge in [0.25, 0.3) is 5.91 Å². The predicted octanol–water partition coefficient (Wildman–Crippen LogP) is 1.87. The molecule has 0 saturated carbocycles. The minimum Gasteiger partial charge on any atom is -0.463 e. The van der Waals surface area contributed by atoms with Crippen LogP contribution < -0.4 is 4.90 Å². The standard InChI is InChI=1S/C15H19NO4/c1-4-20-15(18)10-7-12-5-8-13(9-6-12)16(2)14(17)11-19-3/h5-10H,4,11H2,1-3H3/b10-7+. The molecule has 5 nitrogen and oxygen atoms in total. The fraction of sp³-hybridized carbons (Fsp3) is 0.333. The molecule has 0 bridgehead atoms. The number of carbonyl (C=O) groups is 2. The Balaban J connectivity index is 2.69. The van der Waals surface area contributed by atoms with Crippen LogP contribution >= 0.6 is 0 Å². The van der Waals surface area contributed by atoms with E-state index in [9.17, 15) is 9.59 Å². The van der Waals surface area contributed by atoms with Gasteiger partial charge in [0.1, 0.15) is 6.61 Å². The highest BCUT2D eigenvalue weighted by Crippen LogP contribution is 2.15. The van der Waals surface area contributed by atoms with Crippen LogP contribution in [0, 0.1) is 0 Å². The van der Waals surface area contributed by atoms with Crippen molar-refractivity contribution in [1.82, 2.24) is 0 Å². The average molecular weight is 277 g/mol. The van der Waals surface area contributed by atoms with Gasteiger partial charge >= 0.3 is 5.97 Å². The van der Waals surface area contributed by atoms with E-state index in [0.29, 0.717) is 6.61 Å². The SMILES string of the molecule is CCOC(=O)/C=C/c1ccc(N(C)C(=O)COC)cc1. The van der Waals surface area contributed by atoms with Gasteiger partial charge in [0.2, 0.25) is 0 Å². The molecule has 0 aliphatic rings. The second kappa shape index (κ2) is 8.12. The van der Waals surface area contributed by atoms with Crippen molar-refractivity contribution in [2.45, 2.75) is 6.92 Å². The molecule has 0 fully saturated rings. The minimum atomic E-state index is -0.371. The summed E-state index contributed by atoms with van der Waals surface area (Å²) in [5.74, 6) is -0.494. The van der Waals surface area contributed by atoms with Crippen LogP contribution in [0.4, 0.5) is 5.69 Å². The molecule has 0 heterocycles. The Labute approximate surface area is 118 Å². The summed E-state index contributed by atoms with van der Waals surface area (Å²) < 4.78 is 9.60. The van der Waals surface area contributed by atoms with E-state index in [1.807, 2.05) is 12.1 Å². The second-order valence-corrected chi connectivity index (χ2v) is 4.06. The molecule has 0 aromatic heterocycles. The molecule has 1 rings (SSSR count). The molecule has 0 atom stereocenters. The van der Waals surface area contributed by atoms with Crippen molar-refractivity contribution in [1.29, 1.82) is 0 Å². The summed E-state index contributed by atoms with van der Waals surface area (Å²) in [5.41, 5.74) is 1.62. The van der Waals surface area contributed by atoms with Crippen molar-refractivity contribution in [2.24, 2.45) is 0 Å². The molecule has 0 saturated heterocycles. The highest BCUT2D eigenvalue weighted by atomic mass is 16.5. The first-order valence-electron chi connectivity index (χ1n) is 6.29. The minimum absolute atomic E-state index is 0.0427. The molecule has 0 radical (unpaired) electrons. The summed E-state index contributed by atoms with van der Waals surface area (Å²) >= 11 is 0. The van der Waals surface area contributed by atoms with Crippen molar-refractivity contribution in [3.63, 3.8) is 0 Å². The number of amides is 1. The van der Waals surface area contributed by atoms with E-state index in [-0.39, 0.29) is 18.5 Å². The Bertz CT molecular complexity index is 479. The van der Waals surface area contributed by atoms with Crippen LogP contribution in [0.1, 0.15) is 12.5 Å². The molecule has 5 heteroatoms. The lowest BCUT2D eigenvalue weighted by atomic mass is 10.2. The number of esters is 1. The molecule has 0 aliphatic carbocycles. The molecular weight excluding hydrogens is 258 g/mol. The largest absolute Gasteiger partial charge is 0.463 e. The Hall–Kier alpha value is -2.14. The molecular formula is C15H19NO4. The van der Waals surface area contributed by atoms with Gasteiger partial charge in [-0.3, -0.25) is 4.79 Å². The summed E-state index contributed by atoms with van der Waals surface area (Å²) in [6.45, 7) is 2.16. The zero-order valence-corrected chi connectivity index (χ0v) is 12.0. The molecule has 0 N–H and O–H groups in total. The average Bonchev–Trinajstić information content (AvgIpc) is 2.45. The first-order valence-corrected chi connectivity index (χ1v) is 6.29. The Kier molecular flexibility index (Phi) is 6.46. The summed E-state index contributed by atoms with van der Waals surface area (Å²) in [6.07, 6.45) is 3.04. The number of rotatable bonds is 6. The van der Waals surface area contributed by atoms with Crippen molar-refractivity contribution in [3.8, 4) is 0 Å². The van der Waals surface area contributed by atoms with Crippen molar-refractivity contribution in [3.05, 3.63) is 35.9 Å². The molecule has 0 spiro atoms. The fourth-order valence-corrected chi connectivity index (χ4v) is 1.53. The topological polar surface area (TPSA) is 55.8 Å². The van der Waals surface area contributed by atoms with Gasteiger partial charge in [-0.05, 0) is 30.7 Å². The molecule has 20 heavy (non-hydrogen) atoms. The number of benzene rings is 1. The van der Waals surface area contributed by atoms with E-state index < -0.39 is 0 Å². The van der Waals surface area contributed by atoms with E-state index in [1.165, 1.54) is 18.1 Å². The molecule has 1 aromatic carbocycles. The van der Waals surface area contributed by atoms with Crippen molar-refractivity contribution in [2.75, 3.05) is 32.3 Å². The van der Waals surface area contributed by atoms with E-state index >= 15 is 0 Å². The Morgan fingerprint density at radius 1 is 1.25 bits per heavy atom. The summed E-state index contributed by atoms with van der Waals surface area (Å²) in [4.78, 5) is 24.3. The quantitative estimate of drug-likeness (QED) is 0.588. The van der Waals surface area contributed by atoms with E-state index in [4.69, 9.17) is 9.47 Å². The predicted molar refractivity (Wildman–Crippen MR) is 77.4 cm³/mol. The van der Waals surface area contributed by atoms with Gasteiger partial charge < -0.3 is 14.4 Å². The number of nitrogens with zero attached hydrogens (tertiary/aromatic N) is 1. The van der Waals surface area contributed by atoms with Crippen LogP contribution in [-0.4, -0.2) is 39.2 Å². The number of anilines is 1. The van der Waals surface area contributed by atoms with Crippen LogP contribution in [-0.2, 0) is 19.1 Å². The number of methoxy groups -OCH3 is 1. The van der Waals surface area contributed by atoms with E-state index in [0.717, 1.165) is 11.3 Å². The number of ether oxygens (including phenoxy) is 2. The van der Waals surface area contributed by atoms with Gasteiger partial charge in [0, 0.05) is 25.9 Å². The van der Waals surface area contributed by atoms with Gasteiger partial charge in [-0.1, -0.05) is 12.1 Å².